The number of carbonyl (C=O) groups is 4. The summed E-state index contributed by atoms with van der Waals surface area (Å²) in [6.07, 6.45) is 5.23. The van der Waals surface area contributed by atoms with Crippen LogP contribution >= 0.6 is 0 Å². The molecule has 5 N–H and O–H groups in total. The Labute approximate surface area is 345 Å². The summed E-state index contributed by atoms with van der Waals surface area (Å²) in [6, 6.07) is 1.27. The number of Topliss-reactive ketones (excluding diaryl/α,β-unsaturated/α-hetero) is 1. The maximum Gasteiger partial charge on any atom is 0.312 e. The number of nitrogens with zero attached hydrogens (tertiary/aromatic N) is 1. The SMILES string of the molecule is CCCCN(C)C(=O)COc1cc2c(O)c3c(O)c(C)c4c(c13)C(=O)C(C)(O/C=C/C(OC)C(C)C(OC(C)=O)C(C)C(O)C(C)C(O)C(C)/C=C/C=C(\C)C(=O)N2)O4. The van der Waals surface area contributed by atoms with Crippen molar-refractivity contribution in [1.29, 1.82) is 0 Å². The second kappa shape index (κ2) is 19.3. The zero-order chi connectivity index (χ0) is 44.1. The van der Waals surface area contributed by atoms with E-state index in [0.717, 1.165) is 12.8 Å². The highest BCUT2D eigenvalue weighted by Crippen LogP contribution is 2.54. The molecule has 9 unspecified atom stereocenters. The third-order valence-corrected chi connectivity index (χ3v) is 11.4. The smallest absolute Gasteiger partial charge is 0.312 e. The van der Waals surface area contributed by atoms with Crippen LogP contribution in [-0.4, -0.2) is 106 Å². The minimum Gasteiger partial charge on any atom is -0.507 e. The van der Waals surface area contributed by atoms with Crippen molar-refractivity contribution in [3.05, 3.63) is 53.3 Å². The molecule has 2 aromatic carbocycles. The van der Waals surface area contributed by atoms with E-state index in [1.54, 1.807) is 46.9 Å². The second-order valence-corrected chi connectivity index (χ2v) is 15.9. The van der Waals surface area contributed by atoms with Gasteiger partial charge in [0.15, 0.2) is 12.4 Å². The third kappa shape index (κ3) is 9.85. The van der Waals surface area contributed by atoms with Gasteiger partial charge in [0.2, 0.25) is 0 Å². The number of esters is 1. The highest BCUT2D eigenvalue weighted by Gasteiger charge is 2.49. The number of allylic oxidation sites excluding steroid dienone is 2. The molecule has 15 nitrogen and oxygen atoms in total. The average molecular weight is 825 g/mol. The van der Waals surface area contributed by atoms with Gasteiger partial charge in [-0.1, -0.05) is 59.3 Å². The molecule has 0 saturated carbocycles. The number of benzene rings is 2. The maximum atomic E-state index is 14.5. The molecule has 3 heterocycles. The Morgan fingerprint density at radius 2 is 1.66 bits per heavy atom. The summed E-state index contributed by atoms with van der Waals surface area (Å²) in [5.41, 5.74) is -0.00381. The molecule has 0 aliphatic carbocycles. The molecular weight excluding hydrogens is 764 g/mol. The molecule has 0 spiro atoms. The summed E-state index contributed by atoms with van der Waals surface area (Å²) in [5, 5.41) is 48.4. The lowest BCUT2D eigenvalue weighted by Crippen LogP contribution is -2.46. The molecule has 0 saturated heterocycles. The third-order valence-electron chi connectivity index (χ3n) is 11.4. The quantitative estimate of drug-likeness (QED) is 0.160. The van der Waals surface area contributed by atoms with Crippen molar-refractivity contribution in [1.82, 2.24) is 4.90 Å². The van der Waals surface area contributed by atoms with Gasteiger partial charge in [-0.2, -0.15) is 0 Å². The summed E-state index contributed by atoms with van der Waals surface area (Å²) in [6.45, 7) is 14.6. The highest BCUT2D eigenvalue weighted by atomic mass is 16.7. The number of carbonyl (C=O) groups excluding carboxylic acids is 4. The first-order valence-electron chi connectivity index (χ1n) is 19.9. The Balaban J connectivity index is 1.92. The second-order valence-electron chi connectivity index (χ2n) is 15.9. The van der Waals surface area contributed by atoms with E-state index in [9.17, 15) is 39.6 Å². The van der Waals surface area contributed by atoms with Crippen LogP contribution in [0.5, 0.6) is 23.0 Å². The number of nitrogens with one attached hydrogen (secondary N) is 1. The van der Waals surface area contributed by atoms with E-state index in [1.165, 1.54) is 64.2 Å². The van der Waals surface area contributed by atoms with Crippen LogP contribution in [0.3, 0.4) is 0 Å². The standard InChI is InChI=1S/C44H60N2O13/c1-12-13-18-46(10)32(48)21-56-31-20-29-39(52)34-33(31)35-41(27(7)38(34)51)59-44(9,42(35)53)57-19-17-30(55-11)24(4)40(58-28(8)47)26(6)37(50)25(5)36(49)22(2)15-14-16-23(3)43(54)45-29/h14-17,19-20,22,24-26,30,36-37,40,49-52H,12-13,18,21H2,1-11H3,(H,45,54)/b15-14+,19-17+,23-16+. The first-order valence-corrected chi connectivity index (χ1v) is 19.9. The number of aliphatic hydroxyl groups is 2. The largest absolute Gasteiger partial charge is 0.507 e. The molecule has 15 heteroatoms. The number of methoxy groups -OCH3 is 1. The van der Waals surface area contributed by atoms with Gasteiger partial charge in [0, 0.05) is 80.8 Å². The molecule has 324 valence electrons. The Morgan fingerprint density at radius 1 is 0.983 bits per heavy atom. The molecule has 5 bridgehead atoms. The first kappa shape index (κ1) is 46.6. The van der Waals surface area contributed by atoms with Crippen molar-refractivity contribution < 1.29 is 63.3 Å². The summed E-state index contributed by atoms with van der Waals surface area (Å²) in [5.74, 6) is -8.01. The number of aromatic hydroxyl groups is 2. The van der Waals surface area contributed by atoms with Gasteiger partial charge in [-0.05, 0) is 26.3 Å². The fraction of sp³-hybridized carbons (Fsp3) is 0.545. The zero-order valence-electron chi connectivity index (χ0n) is 35.8. The summed E-state index contributed by atoms with van der Waals surface area (Å²) in [7, 11) is 3.07. The number of unbranched alkanes of at least 4 members (excludes halogenated alkanes) is 1. The number of phenols is 2. The number of anilines is 1. The maximum absolute atomic E-state index is 14.5. The van der Waals surface area contributed by atoms with E-state index in [0.29, 0.717) is 6.54 Å². The van der Waals surface area contributed by atoms with Gasteiger partial charge < -0.3 is 54.3 Å². The number of fused-ring (bicyclic) bond motifs is 14. The Hall–Kier alpha value is -5.12. The first-order chi connectivity index (χ1) is 27.7. The van der Waals surface area contributed by atoms with Crippen LogP contribution in [0.15, 0.2) is 42.2 Å². The van der Waals surface area contributed by atoms with Crippen molar-refractivity contribution in [3.8, 4) is 23.0 Å². The van der Waals surface area contributed by atoms with Gasteiger partial charge in [0.1, 0.15) is 23.4 Å². The molecule has 3 aliphatic rings. The van der Waals surface area contributed by atoms with Crippen molar-refractivity contribution in [2.45, 2.75) is 105 Å². The fourth-order valence-corrected chi connectivity index (χ4v) is 7.52. The van der Waals surface area contributed by atoms with Crippen LogP contribution in [0, 0.1) is 30.6 Å². The molecule has 2 amide bonds. The van der Waals surface area contributed by atoms with E-state index in [4.69, 9.17) is 23.7 Å². The number of likely N-dealkylation sites (N-methyl/N-ethyl adjacent to an activating group) is 1. The van der Waals surface area contributed by atoms with E-state index in [1.807, 2.05) is 6.92 Å². The predicted molar refractivity (Wildman–Crippen MR) is 220 cm³/mol. The van der Waals surface area contributed by atoms with Crippen LogP contribution in [0.25, 0.3) is 10.8 Å². The molecule has 2 aromatic rings. The molecule has 5 rings (SSSR count). The zero-order valence-corrected chi connectivity index (χ0v) is 35.8. The van der Waals surface area contributed by atoms with Gasteiger partial charge in [-0.3, -0.25) is 19.2 Å². The minimum absolute atomic E-state index is 0.0562. The lowest BCUT2D eigenvalue weighted by atomic mass is 9.78. The molecular formula is C44H60N2O13. The molecule has 59 heavy (non-hydrogen) atoms. The number of phenolic OH excluding ortho intramolecular Hbond substituents is 2. The number of amides is 2. The molecule has 9 atom stereocenters. The van der Waals surface area contributed by atoms with Gasteiger partial charge >= 0.3 is 11.8 Å². The topological polar surface area (TPSA) is 211 Å². The van der Waals surface area contributed by atoms with Gasteiger partial charge in [-0.15, -0.1) is 0 Å². The molecule has 0 fully saturated rings. The Morgan fingerprint density at radius 3 is 2.29 bits per heavy atom. The van der Waals surface area contributed by atoms with Crippen LogP contribution in [0.1, 0.15) is 84.2 Å². The van der Waals surface area contributed by atoms with E-state index in [2.05, 4.69) is 5.32 Å². The van der Waals surface area contributed by atoms with Gasteiger partial charge in [-0.25, -0.2) is 0 Å². The number of hydrogen-bond acceptors (Lipinski definition) is 13. The molecule has 0 aromatic heterocycles. The van der Waals surface area contributed by atoms with E-state index >= 15 is 0 Å². The van der Waals surface area contributed by atoms with Gasteiger partial charge in [0.05, 0.1) is 41.2 Å². The fourth-order valence-electron chi connectivity index (χ4n) is 7.52. The normalized spacial score (nSPS) is 29.8. The number of ketones is 1. The number of rotatable bonds is 8. The molecule has 0 radical (unpaired) electrons. The Bertz CT molecular complexity index is 2010. The van der Waals surface area contributed by atoms with Crippen LogP contribution in [-0.2, 0) is 28.6 Å². The predicted octanol–water partition coefficient (Wildman–Crippen LogP) is 5.69. The lowest BCUT2D eigenvalue weighted by Gasteiger charge is -2.38. The van der Waals surface area contributed by atoms with Gasteiger partial charge in [0.25, 0.3) is 17.6 Å². The van der Waals surface area contributed by atoms with Crippen molar-refractivity contribution in [2.24, 2.45) is 23.7 Å². The lowest BCUT2D eigenvalue weighted by molar-refractivity contribution is -0.160. The van der Waals surface area contributed by atoms with Crippen molar-refractivity contribution in [3.63, 3.8) is 0 Å². The monoisotopic (exact) mass is 824 g/mol. The van der Waals surface area contributed by atoms with Crippen molar-refractivity contribution in [2.75, 3.05) is 32.6 Å². The van der Waals surface area contributed by atoms with Crippen LogP contribution in [0.4, 0.5) is 5.69 Å². The van der Waals surface area contributed by atoms with E-state index < -0.39 is 89.6 Å². The highest BCUT2D eigenvalue weighted by molar-refractivity contribution is 6.21. The number of ether oxygens (including phenoxy) is 5. The summed E-state index contributed by atoms with van der Waals surface area (Å²) < 4.78 is 29.7. The average Bonchev–Trinajstić information content (AvgIpc) is 3.46. The minimum atomic E-state index is -2.02. The summed E-state index contributed by atoms with van der Waals surface area (Å²) >= 11 is 0. The molecule has 3 aliphatic heterocycles. The number of hydrogen-bond donors (Lipinski definition) is 5. The summed E-state index contributed by atoms with van der Waals surface area (Å²) in [4.78, 5) is 55.0. The van der Waals surface area contributed by atoms with Crippen LogP contribution < -0.4 is 14.8 Å². The van der Waals surface area contributed by atoms with E-state index in [-0.39, 0.29) is 50.6 Å². The number of aliphatic hydroxyl groups excluding tert-OH is 2. The van der Waals surface area contributed by atoms with Crippen LogP contribution in [0.2, 0.25) is 0 Å². The Kier molecular flexibility index (Phi) is 15.2. The van der Waals surface area contributed by atoms with Crippen molar-refractivity contribution >= 4 is 40.0 Å².